The number of carbonyl (C=O) groups is 2. The van der Waals surface area contributed by atoms with Gasteiger partial charge in [0, 0.05) is 17.6 Å². The number of nitrogens with zero attached hydrogens (tertiary/aromatic N) is 1. The second-order valence-electron chi connectivity index (χ2n) is 7.76. The lowest BCUT2D eigenvalue weighted by Gasteiger charge is -2.32. The topological polar surface area (TPSA) is 62.6 Å². The van der Waals surface area contributed by atoms with E-state index in [4.69, 9.17) is 16.0 Å². The summed E-state index contributed by atoms with van der Waals surface area (Å²) in [5.41, 5.74) is 0.774. The zero-order valence-electron chi connectivity index (χ0n) is 17.1. The van der Waals surface area contributed by atoms with Crippen LogP contribution in [0.25, 0.3) is 0 Å². The number of furan rings is 1. The molecule has 1 aromatic carbocycles. The fourth-order valence-electron chi connectivity index (χ4n) is 4.03. The summed E-state index contributed by atoms with van der Waals surface area (Å²) >= 11 is 7.75. The molecule has 31 heavy (non-hydrogen) atoms. The highest BCUT2D eigenvalue weighted by atomic mass is 35.5. The molecule has 1 saturated carbocycles. The van der Waals surface area contributed by atoms with Gasteiger partial charge in [-0.05, 0) is 48.1 Å². The molecule has 162 valence electrons. The third kappa shape index (κ3) is 5.20. The van der Waals surface area contributed by atoms with Gasteiger partial charge in [0.25, 0.3) is 11.8 Å². The van der Waals surface area contributed by atoms with Gasteiger partial charge in [0.05, 0.1) is 11.1 Å². The minimum atomic E-state index is -0.886. The monoisotopic (exact) mass is 456 g/mol. The van der Waals surface area contributed by atoms with Crippen LogP contribution in [0.2, 0.25) is 5.02 Å². The summed E-state index contributed by atoms with van der Waals surface area (Å²) in [5, 5.41) is 5.57. The molecule has 4 rings (SSSR count). The minimum Gasteiger partial charge on any atom is -0.467 e. The number of thiophene rings is 1. The Labute approximate surface area is 191 Å². The van der Waals surface area contributed by atoms with Gasteiger partial charge in [-0.15, -0.1) is 11.3 Å². The summed E-state index contributed by atoms with van der Waals surface area (Å²) in [4.78, 5) is 29.2. The third-order valence-corrected chi connectivity index (χ3v) is 6.84. The fraction of sp³-hybridized carbons (Fsp3) is 0.333. The first-order valence-corrected chi connectivity index (χ1v) is 11.8. The molecule has 1 aliphatic carbocycles. The minimum absolute atomic E-state index is 0.123. The molecule has 7 heteroatoms. The van der Waals surface area contributed by atoms with Gasteiger partial charge in [-0.25, -0.2) is 0 Å². The molecule has 5 nitrogen and oxygen atoms in total. The third-order valence-electron chi connectivity index (χ3n) is 5.62. The molecule has 2 heterocycles. The summed E-state index contributed by atoms with van der Waals surface area (Å²) < 4.78 is 5.64. The molecular weight excluding hydrogens is 432 g/mol. The van der Waals surface area contributed by atoms with E-state index in [9.17, 15) is 9.59 Å². The Bertz CT molecular complexity index is 998. The van der Waals surface area contributed by atoms with Gasteiger partial charge in [-0.1, -0.05) is 55.1 Å². The summed E-state index contributed by atoms with van der Waals surface area (Å²) in [7, 11) is 0. The van der Waals surface area contributed by atoms with Gasteiger partial charge >= 0.3 is 0 Å². The lowest BCUT2D eigenvalue weighted by Crippen LogP contribution is -2.46. The van der Waals surface area contributed by atoms with Crippen molar-refractivity contribution in [2.24, 2.45) is 0 Å². The van der Waals surface area contributed by atoms with Crippen LogP contribution in [0.4, 0.5) is 0 Å². The van der Waals surface area contributed by atoms with E-state index in [0.29, 0.717) is 15.7 Å². The van der Waals surface area contributed by atoms with Crippen LogP contribution in [-0.4, -0.2) is 22.8 Å². The van der Waals surface area contributed by atoms with Crippen LogP contribution in [-0.2, 0) is 11.3 Å². The van der Waals surface area contributed by atoms with Crippen LogP contribution in [0.3, 0.4) is 0 Å². The number of amides is 2. The lowest BCUT2D eigenvalue weighted by atomic mass is 9.95. The van der Waals surface area contributed by atoms with Crippen LogP contribution < -0.4 is 5.32 Å². The van der Waals surface area contributed by atoms with Crippen molar-refractivity contribution in [1.82, 2.24) is 10.2 Å². The van der Waals surface area contributed by atoms with Crippen molar-refractivity contribution in [2.75, 3.05) is 0 Å². The van der Waals surface area contributed by atoms with Crippen LogP contribution in [0.1, 0.15) is 59.1 Å². The van der Waals surface area contributed by atoms with E-state index < -0.39 is 6.04 Å². The molecule has 3 aromatic rings. The van der Waals surface area contributed by atoms with Gasteiger partial charge < -0.3 is 14.6 Å². The first-order valence-electron chi connectivity index (χ1n) is 10.5. The number of halogens is 1. The number of carbonyl (C=O) groups excluding carboxylic acids is 2. The van der Waals surface area contributed by atoms with Gasteiger partial charge in [-0.2, -0.15) is 0 Å². The van der Waals surface area contributed by atoms with Crippen LogP contribution in [0.15, 0.2) is 64.6 Å². The maximum absolute atomic E-state index is 13.5. The molecule has 2 aromatic heterocycles. The predicted molar refractivity (Wildman–Crippen MR) is 122 cm³/mol. The standard InChI is InChI=1S/C24H25ClN2O3S/c25-19-11-5-4-8-17(19)16-27(24(29)21-13-7-15-31-21)22(20-12-6-14-30-20)23(28)26-18-9-2-1-3-10-18/h4-8,11-15,18,22H,1-3,9-10,16H2,(H,26,28)/t22-/m0/s1. The van der Waals surface area contributed by atoms with Crippen LogP contribution in [0, 0.1) is 0 Å². The van der Waals surface area contributed by atoms with E-state index in [-0.39, 0.29) is 24.4 Å². The fourth-order valence-corrected chi connectivity index (χ4v) is 4.90. The summed E-state index contributed by atoms with van der Waals surface area (Å²) in [5.74, 6) is -0.0146. The zero-order valence-corrected chi connectivity index (χ0v) is 18.7. The van der Waals surface area contributed by atoms with Crippen LogP contribution in [0.5, 0.6) is 0 Å². The van der Waals surface area contributed by atoms with Gasteiger partial charge in [0.1, 0.15) is 5.76 Å². The van der Waals surface area contributed by atoms with Crippen molar-refractivity contribution in [3.63, 3.8) is 0 Å². The molecule has 0 aliphatic heterocycles. The summed E-state index contributed by atoms with van der Waals surface area (Å²) in [6.07, 6.45) is 6.85. The van der Waals surface area contributed by atoms with Crippen molar-refractivity contribution in [3.8, 4) is 0 Å². The molecule has 1 N–H and O–H groups in total. The molecule has 1 aliphatic rings. The highest BCUT2D eigenvalue weighted by Crippen LogP contribution is 2.30. The average molecular weight is 457 g/mol. The Morgan fingerprint density at radius 3 is 2.58 bits per heavy atom. The molecule has 0 unspecified atom stereocenters. The maximum atomic E-state index is 13.5. The predicted octanol–water partition coefficient (Wildman–Crippen LogP) is 5.83. The molecule has 1 fully saturated rings. The van der Waals surface area contributed by atoms with E-state index in [2.05, 4.69) is 5.32 Å². The van der Waals surface area contributed by atoms with Crippen molar-refractivity contribution in [2.45, 2.75) is 50.7 Å². The second kappa shape index (κ2) is 10.2. The largest absolute Gasteiger partial charge is 0.467 e. The van der Waals surface area contributed by atoms with Gasteiger partial charge in [-0.3, -0.25) is 9.59 Å². The molecule has 0 radical (unpaired) electrons. The Kier molecular flexibility index (Phi) is 7.10. The Morgan fingerprint density at radius 1 is 1.10 bits per heavy atom. The normalized spacial score (nSPS) is 15.4. The number of rotatable bonds is 7. The Balaban J connectivity index is 1.69. The zero-order chi connectivity index (χ0) is 21.6. The maximum Gasteiger partial charge on any atom is 0.265 e. The number of hydrogen-bond acceptors (Lipinski definition) is 4. The Morgan fingerprint density at radius 2 is 1.90 bits per heavy atom. The first kappa shape index (κ1) is 21.7. The van der Waals surface area contributed by atoms with E-state index in [0.717, 1.165) is 31.2 Å². The molecule has 0 spiro atoms. The van der Waals surface area contributed by atoms with Crippen molar-refractivity contribution in [1.29, 1.82) is 0 Å². The molecule has 0 saturated heterocycles. The molecule has 1 atom stereocenters. The second-order valence-corrected chi connectivity index (χ2v) is 9.12. The highest BCUT2D eigenvalue weighted by Gasteiger charge is 2.36. The smallest absolute Gasteiger partial charge is 0.265 e. The molecule has 2 amide bonds. The highest BCUT2D eigenvalue weighted by molar-refractivity contribution is 7.12. The van der Waals surface area contributed by atoms with E-state index in [1.165, 1.54) is 24.0 Å². The van der Waals surface area contributed by atoms with Gasteiger partial charge in [0.15, 0.2) is 6.04 Å². The van der Waals surface area contributed by atoms with E-state index in [1.807, 2.05) is 29.6 Å². The number of hydrogen-bond donors (Lipinski definition) is 1. The SMILES string of the molecule is O=C(NC1CCCCC1)[C@H](c1ccco1)N(Cc1ccccc1Cl)C(=O)c1cccs1. The first-order chi connectivity index (χ1) is 15.1. The summed E-state index contributed by atoms with van der Waals surface area (Å²) in [6, 6.07) is 13.7. The lowest BCUT2D eigenvalue weighted by molar-refractivity contribution is -0.127. The van der Waals surface area contributed by atoms with Gasteiger partial charge in [0.2, 0.25) is 0 Å². The number of nitrogens with one attached hydrogen (secondary N) is 1. The van der Waals surface area contributed by atoms with Crippen molar-refractivity contribution in [3.05, 3.63) is 81.4 Å². The summed E-state index contributed by atoms with van der Waals surface area (Å²) in [6.45, 7) is 0.194. The quantitative estimate of drug-likeness (QED) is 0.486. The van der Waals surface area contributed by atoms with E-state index in [1.54, 1.807) is 29.2 Å². The number of benzene rings is 1. The van der Waals surface area contributed by atoms with E-state index >= 15 is 0 Å². The average Bonchev–Trinajstić information content (AvgIpc) is 3.50. The Hall–Kier alpha value is -2.57. The van der Waals surface area contributed by atoms with Crippen LogP contribution >= 0.6 is 22.9 Å². The molecule has 0 bridgehead atoms. The molecular formula is C24H25ClN2O3S. The van der Waals surface area contributed by atoms with Crippen molar-refractivity contribution >= 4 is 34.8 Å². The van der Waals surface area contributed by atoms with Crippen molar-refractivity contribution < 1.29 is 14.0 Å².